The van der Waals surface area contributed by atoms with E-state index in [1.807, 2.05) is 54.6 Å². The van der Waals surface area contributed by atoms with E-state index < -0.39 is 23.5 Å². The quantitative estimate of drug-likeness (QED) is 0.328. The van der Waals surface area contributed by atoms with Crippen LogP contribution >= 0.6 is 0 Å². The molecule has 208 valence electrons. The molecule has 0 aromatic heterocycles. The smallest absolute Gasteiger partial charge is 0.326 e. The minimum Gasteiger partial charge on any atom is -0.480 e. The Morgan fingerprint density at radius 1 is 0.825 bits per heavy atom. The largest absolute Gasteiger partial charge is 0.480 e. The second-order valence-electron chi connectivity index (χ2n) is 11.2. The predicted octanol–water partition coefficient (Wildman–Crippen LogP) is 4.08. The van der Waals surface area contributed by atoms with Crippen molar-refractivity contribution < 1.29 is 19.5 Å². The number of aliphatic carboxylic acids is 1. The first-order chi connectivity index (χ1) is 19.3. The van der Waals surface area contributed by atoms with Gasteiger partial charge in [-0.15, -0.1) is 0 Å². The van der Waals surface area contributed by atoms with Gasteiger partial charge in [-0.05, 0) is 29.0 Å². The van der Waals surface area contributed by atoms with Gasteiger partial charge >= 0.3 is 5.97 Å². The SMILES string of the molecule is CC(C)[C@@H](C(=O)O)N(C)C(=O)[C@H]1CCN(C(=O)[C@H]2CN2C(c2ccccc2)(c2ccccc2)c2ccccc2)C1. The standard InChI is InChI=1S/C33H37N3O4/c1-23(2)29(32(39)40)34(3)30(37)24-19-20-35(21-24)31(38)28-22-36(28)33(25-13-7-4-8-14-25,26-15-9-5-10-16-26)27-17-11-6-12-18-27/h4-18,23-24,28-29H,19-22H2,1-3H3,(H,39,40)/t24-,28+,29-,36?/m0/s1. The van der Waals surface area contributed by atoms with Crippen molar-refractivity contribution in [3.63, 3.8) is 0 Å². The van der Waals surface area contributed by atoms with Gasteiger partial charge in [0.25, 0.3) is 0 Å². The number of carboxylic acids is 1. The van der Waals surface area contributed by atoms with E-state index in [2.05, 4.69) is 41.3 Å². The number of rotatable bonds is 9. The minimum absolute atomic E-state index is 0.0174. The normalized spacial score (nSPS) is 21.2. The van der Waals surface area contributed by atoms with Gasteiger partial charge in [-0.3, -0.25) is 14.5 Å². The van der Waals surface area contributed by atoms with E-state index in [1.165, 1.54) is 4.90 Å². The molecule has 1 unspecified atom stereocenters. The molecule has 2 aliphatic heterocycles. The molecule has 3 aromatic carbocycles. The van der Waals surface area contributed by atoms with E-state index in [9.17, 15) is 19.5 Å². The average molecular weight is 540 g/mol. The molecule has 3 aromatic rings. The molecular weight excluding hydrogens is 502 g/mol. The first-order valence-electron chi connectivity index (χ1n) is 14.0. The molecule has 0 radical (unpaired) electrons. The Morgan fingerprint density at radius 3 is 1.73 bits per heavy atom. The van der Waals surface area contributed by atoms with E-state index >= 15 is 0 Å². The van der Waals surface area contributed by atoms with E-state index in [4.69, 9.17) is 0 Å². The summed E-state index contributed by atoms with van der Waals surface area (Å²) in [4.78, 5) is 44.3. The van der Waals surface area contributed by atoms with Gasteiger partial charge in [-0.2, -0.15) is 0 Å². The zero-order valence-corrected chi connectivity index (χ0v) is 23.3. The Morgan fingerprint density at radius 2 is 1.30 bits per heavy atom. The number of carbonyl (C=O) groups is 3. The van der Waals surface area contributed by atoms with Crippen molar-refractivity contribution in [1.29, 1.82) is 0 Å². The topological polar surface area (TPSA) is 80.9 Å². The maximum atomic E-state index is 13.9. The van der Waals surface area contributed by atoms with E-state index in [1.54, 1.807) is 25.8 Å². The molecule has 1 N–H and O–H groups in total. The lowest BCUT2D eigenvalue weighted by Gasteiger charge is -2.38. The average Bonchev–Trinajstić information content (AvgIpc) is 3.60. The second-order valence-corrected chi connectivity index (χ2v) is 11.2. The molecule has 0 aliphatic carbocycles. The van der Waals surface area contributed by atoms with Gasteiger partial charge in [0, 0.05) is 26.7 Å². The summed E-state index contributed by atoms with van der Waals surface area (Å²) in [6.45, 7) is 5.00. The molecule has 4 atom stereocenters. The van der Waals surface area contributed by atoms with Gasteiger partial charge < -0.3 is 14.9 Å². The molecular formula is C33H37N3O4. The Hall–Kier alpha value is -3.97. The fourth-order valence-electron chi connectivity index (χ4n) is 6.45. The van der Waals surface area contributed by atoms with Crippen LogP contribution in [-0.2, 0) is 19.9 Å². The monoisotopic (exact) mass is 539 g/mol. The van der Waals surface area contributed by atoms with Crippen LogP contribution in [0.25, 0.3) is 0 Å². The molecule has 2 aliphatic rings. The number of carboxylic acid groups (broad SMARTS) is 1. The van der Waals surface area contributed by atoms with Crippen molar-refractivity contribution in [3.05, 3.63) is 108 Å². The number of nitrogens with zero attached hydrogens (tertiary/aromatic N) is 3. The first-order valence-corrected chi connectivity index (χ1v) is 14.0. The van der Waals surface area contributed by atoms with Gasteiger partial charge in [-0.1, -0.05) is 105 Å². The Labute approximate surface area is 236 Å². The number of amides is 2. The molecule has 0 bridgehead atoms. The van der Waals surface area contributed by atoms with Crippen molar-refractivity contribution in [1.82, 2.24) is 14.7 Å². The maximum absolute atomic E-state index is 13.9. The van der Waals surface area contributed by atoms with Crippen LogP contribution in [-0.4, -0.2) is 76.4 Å². The fraction of sp³-hybridized carbons (Fsp3) is 0.364. The van der Waals surface area contributed by atoms with Gasteiger partial charge in [0.05, 0.1) is 11.5 Å². The van der Waals surface area contributed by atoms with Gasteiger partial charge in [0.2, 0.25) is 11.8 Å². The zero-order chi connectivity index (χ0) is 28.4. The fourth-order valence-corrected chi connectivity index (χ4v) is 6.45. The Kier molecular flexibility index (Phi) is 7.76. The zero-order valence-electron chi connectivity index (χ0n) is 23.3. The summed E-state index contributed by atoms with van der Waals surface area (Å²) in [5.74, 6) is -1.82. The number of hydrogen-bond donors (Lipinski definition) is 1. The summed E-state index contributed by atoms with van der Waals surface area (Å²) in [5.41, 5.74) is 2.62. The number of likely N-dealkylation sites (tertiary alicyclic amines) is 1. The molecule has 0 saturated carbocycles. The molecule has 7 nitrogen and oxygen atoms in total. The first kappa shape index (κ1) is 27.6. The summed E-state index contributed by atoms with van der Waals surface area (Å²) >= 11 is 0. The second kappa shape index (κ2) is 11.3. The highest BCUT2D eigenvalue weighted by molar-refractivity contribution is 5.89. The minimum atomic E-state index is -1.01. The highest BCUT2D eigenvalue weighted by Crippen LogP contribution is 2.48. The molecule has 7 heteroatoms. The molecule has 5 rings (SSSR count). The van der Waals surface area contributed by atoms with Gasteiger partial charge in [0.1, 0.15) is 12.1 Å². The van der Waals surface area contributed by atoms with Crippen molar-refractivity contribution in [2.75, 3.05) is 26.7 Å². The van der Waals surface area contributed by atoms with Crippen LogP contribution in [0.4, 0.5) is 0 Å². The molecule has 2 fully saturated rings. The Balaban J connectivity index is 1.41. The third-order valence-corrected chi connectivity index (χ3v) is 8.40. The third-order valence-electron chi connectivity index (χ3n) is 8.40. The Bertz CT molecular complexity index is 1250. The van der Waals surface area contributed by atoms with Crippen LogP contribution in [0.15, 0.2) is 91.0 Å². The van der Waals surface area contributed by atoms with Crippen LogP contribution in [0.2, 0.25) is 0 Å². The third kappa shape index (κ3) is 4.90. The van der Waals surface area contributed by atoms with Crippen LogP contribution in [0.1, 0.15) is 37.0 Å². The highest BCUT2D eigenvalue weighted by atomic mass is 16.4. The van der Waals surface area contributed by atoms with Crippen molar-refractivity contribution in [2.45, 2.75) is 37.9 Å². The van der Waals surface area contributed by atoms with E-state index in [0.29, 0.717) is 26.1 Å². The van der Waals surface area contributed by atoms with Crippen molar-refractivity contribution in [2.24, 2.45) is 11.8 Å². The summed E-state index contributed by atoms with van der Waals surface area (Å²) in [5, 5.41) is 9.65. The summed E-state index contributed by atoms with van der Waals surface area (Å²) in [6.07, 6.45) is 0.535. The molecule has 2 heterocycles. The van der Waals surface area contributed by atoms with Gasteiger partial charge in [-0.25, -0.2) is 4.79 Å². The highest BCUT2D eigenvalue weighted by Gasteiger charge is 2.57. The van der Waals surface area contributed by atoms with Crippen LogP contribution in [0, 0.1) is 11.8 Å². The number of hydrogen-bond acceptors (Lipinski definition) is 4. The lowest BCUT2D eigenvalue weighted by Crippen LogP contribution is -2.48. The van der Waals surface area contributed by atoms with Crippen molar-refractivity contribution in [3.8, 4) is 0 Å². The molecule has 0 spiro atoms. The van der Waals surface area contributed by atoms with Crippen LogP contribution in [0.3, 0.4) is 0 Å². The van der Waals surface area contributed by atoms with E-state index in [0.717, 1.165) is 16.7 Å². The van der Waals surface area contributed by atoms with Crippen LogP contribution in [0.5, 0.6) is 0 Å². The van der Waals surface area contributed by atoms with Crippen LogP contribution < -0.4 is 0 Å². The molecule has 2 amide bonds. The maximum Gasteiger partial charge on any atom is 0.326 e. The van der Waals surface area contributed by atoms with E-state index in [-0.39, 0.29) is 23.8 Å². The summed E-state index contributed by atoms with van der Waals surface area (Å²) in [6, 6.07) is 29.7. The summed E-state index contributed by atoms with van der Waals surface area (Å²) < 4.78 is 0. The number of benzene rings is 3. The lowest BCUT2D eigenvalue weighted by molar-refractivity contribution is -0.152. The lowest BCUT2D eigenvalue weighted by atomic mass is 9.76. The molecule has 40 heavy (non-hydrogen) atoms. The molecule has 2 saturated heterocycles. The van der Waals surface area contributed by atoms with Crippen molar-refractivity contribution >= 4 is 17.8 Å². The van der Waals surface area contributed by atoms with Gasteiger partial charge in [0.15, 0.2) is 0 Å². The number of carbonyl (C=O) groups excluding carboxylic acids is 2. The summed E-state index contributed by atoms with van der Waals surface area (Å²) in [7, 11) is 1.56. The number of likely N-dealkylation sites (N-methyl/N-ethyl adjacent to an activating group) is 1. The predicted molar refractivity (Wildman–Crippen MR) is 153 cm³/mol.